The molecule has 0 saturated carbocycles. The Balaban J connectivity index is 0.0000152. The third-order valence-electron chi connectivity index (χ3n) is 7.82. The van der Waals surface area contributed by atoms with Crippen LogP contribution in [-0.4, -0.2) is 75.0 Å². The van der Waals surface area contributed by atoms with E-state index in [4.69, 9.17) is 9.47 Å². The van der Waals surface area contributed by atoms with E-state index in [-0.39, 0.29) is 30.6 Å². The second-order valence-corrected chi connectivity index (χ2v) is 11.8. The monoisotopic (exact) mass is 589 g/mol. The molecule has 0 aliphatic carbocycles. The van der Waals surface area contributed by atoms with Crippen molar-refractivity contribution in [2.24, 2.45) is 0 Å². The van der Waals surface area contributed by atoms with Gasteiger partial charge in [0.05, 0.1) is 13.2 Å². The largest absolute Gasteiger partial charge is 0.449 e. The molecule has 2 amide bonds. The van der Waals surface area contributed by atoms with Crippen molar-refractivity contribution in [2.45, 2.75) is 148 Å². The Bertz CT molecular complexity index is 595. The zero-order valence-electron chi connectivity index (χ0n) is 26.4. The Kier molecular flexibility index (Phi) is 27.1. The predicted octanol–water partition coefficient (Wildman–Crippen LogP) is 8.73. The van der Waals surface area contributed by atoms with Gasteiger partial charge >= 0.3 is 12.2 Å². The van der Waals surface area contributed by atoms with Gasteiger partial charge in [0.25, 0.3) is 0 Å². The highest BCUT2D eigenvalue weighted by Crippen LogP contribution is 2.21. The Morgan fingerprint density at radius 3 is 1.85 bits per heavy atom. The van der Waals surface area contributed by atoms with Gasteiger partial charge in [0, 0.05) is 25.6 Å². The van der Waals surface area contributed by atoms with E-state index in [0.29, 0.717) is 26.2 Å². The van der Waals surface area contributed by atoms with Crippen LogP contribution in [0.4, 0.5) is 9.59 Å². The van der Waals surface area contributed by atoms with E-state index in [1.165, 1.54) is 89.9 Å². The Labute approximate surface area is 253 Å². The molecule has 238 valence electrons. The molecule has 1 unspecified atom stereocenters. The quantitative estimate of drug-likeness (QED) is 0.114. The van der Waals surface area contributed by atoms with Crippen molar-refractivity contribution in [3.05, 3.63) is 0 Å². The van der Waals surface area contributed by atoms with Gasteiger partial charge in [-0.1, -0.05) is 103 Å². The van der Waals surface area contributed by atoms with Crippen LogP contribution in [0.25, 0.3) is 0 Å². The summed E-state index contributed by atoms with van der Waals surface area (Å²) in [6.07, 6.45) is 25.4. The first kappa shape index (κ1) is 38.8. The summed E-state index contributed by atoms with van der Waals surface area (Å²) in [4.78, 5) is 28.5. The van der Waals surface area contributed by atoms with Gasteiger partial charge < -0.3 is 24.6 Å². The lowest BCUT2D eigenvalue weighted by molar-refractivity contribution is 0.0619. The molecule has 1 atom stereocenters. The average molecular weight is 590 g/mol. The minimum Gasteiger partial charge on any atom is -0.449 e. The number of halogens is 1. The molecule has 8 heteroatoms. The lowest BCUT2D eigenvalue weighted by Crippen LogP contribution is -2.44. The first-order chi connectivity index (χ1) is 19.0. The van der Waals surface area contributed by atoms with Gasteiger partial charge in [-0.25, -0.2) is 9.59 Å². The van der Waals surface area contributed by atoms with Gasteiger partial charge in [-0.15, -0.1) is 12.4 Å². The molecule has 40 heavy (non-hydrogen) atoms. The molecule has 1 N–H and O–H groups in total. The second kappa shape index (κ2) is 27.9. The number of carbonyl (C=O) groups is 2. The normalized spacial score (nSPS) is 15.1. The lowest BCUT2D eigenvalue weighted by atomic mass is 10.0. The smallest absolute Gasteiger partial charge is 0.410 e. The van der Waals surface area contributed by atoms with Gasteiger partial charge in [0.2, 0.25) is 0 Å². The molecule has 1 aliphatic heterocycles. The van der Waals surface area contributed by atoms with Crippen LogP contribution in [0.3, 0.4) is 0 Å². The molecule has 0 radical (unpaired) electrons. The van der Waals surface area contributed by atoms with E-state index in [2.05, 4.69) is 17.1 Å². The number of likely N-dealkylation sites (tertiary alicyclic amines) is 1. The third-order valence-corrected chi connectivity index (χ3v) is 7.82. The van der Waals surface area contributed by atoms with Crippen LogP contribution in [-0.2, 0) is 9.47 Å². The summed E-state index contributed by atoms with van der Waals surface area (Å²) >= 11 is 0. The van der Waals surface area contributed by atoms with Crippen molar-refractivity contribution in [3.63, 3.8) is 0 Å². The van der Waals surface area contributed by atoms with Crippen molar-refractivity contribution in [1.29, 1.82) is 0 Å². The maximum absolute atomic E-state index is 12.7. The van der Waals surface area contributed by atoms with Gasteiger partial charge in [-0.3, -0.25) is 0 Å². The average Bonchev–Trinajstić information content (AvgIpc) is 2.93. The van der Waals surface area contributed by atoms with Crippen molar-refractivity contribution in [1.82, 2.24) is 15.1 Å². The number of alkyl carbamates (subject to hydrolysis) is 1. The highest BCUT2D eigenvalue weighted by atomic mass is 35.5. The summed E-state index contributed by atoms with van der Waals surface area (Å²) in [7, 11) is 4.03. The lowest BCUT2D eigenvalue weighted by Gasteiger charge is -2.34. The van der Waals surface area contributed by atoms with Crippen LogP contribution in [0, 0.1) is 0 Å². The fourth-order valence-corrected chi connectivity index (χ4v) is 5.36. The topological polar surface area (TPSA) is 71.1 Å². The predicted molar refractivity (Wildman–Crippen MR) is 170 cm³/mol. The number of ether oxygens (including phenoxy) is 2. The zero-order valence-corrected chi connectivity index (χ0v) is 27.2. The number of carbonyl (C=O) groups excluding carboxylic acids is 2. The first-order valence-electron chi connectivity index (χ1n) is 16.5. The van der Waals surface area contributed by atoms with Crippen molar-refractivity contribution >= 4 is 24.6 Å². The molecule has 1 fully saturated rings. The van der Waals surface area contributed by atoms with Crippen LogP contribution in [0.5, 0.6) is 0 Å². The number of hydrogen-bond donors (Lipinski definition) is 1. The second-order valence-electron chi connectivity index (χ2n) is 11.8. The van der Waals surface area contributed by atoms with E-state index >= 15 is 0 Å². The minimum atomic E-state index is -0.373. The van der Waals surface area contributed by atoms with Crippen LogP contribution in [0.15, 0.2) is 0 Å². The molecule has 0 aromatic carbocycles. The Morgan fingerprint density at radius 1 is 0.750 bits per heavy atom. The number of rotatable bonds is 24. The molecule has 1 rings (SSSR count). The number of unbranched alkanes of at least 4 members (excludes halogenated alkanes) is 15. The van der Waals surface area contributed by atoms with E-state index in [0.717, 1.165) is 51.6 Å². The number of piperidine rings is 1. The highest BCUT2D eigenvalue weighted by molar-refractivity contribution is 5.85. The molecule has 0 bridgehead atoms. The van der Waals surface area contributed by atoms with Crippen LogP contribution in [0.1, 0.15) is 142 Å². The first-order valence-corrected chi connectivity index (χ1v) is 16.5. The van der Waals surface area contributed by atoms with Gasteiger partial charge in [-0.2, -0.15) is 0 Å². The molecule has 1 heterocycles. The van der Waals surface area contributed by atoms with Crippen molar-refractivity contribution in [3.8, 4) is 0 Å². The highest BCUT2D eigenvalue weighted by Gasteiger charge is 2.27. The molecule has 0 aromatic heterocycles. The molecule has 7 nitrogen and oxygen atoms in total. The summed E-state index contributed by atoms with van der Waals surface area (Å²) in [6.45, 7) is 5.39. The molecule has 0 spiro atoms. The number of nitrogens with zero attached hydrogens (tertiary/aromatic N) is 2. The summed E-state index contributed by atoms with van der Waals surface area (Å²) in [5.41, 5.74) is 0. The van der Waals surface area contributed by atoms with E-state index in [1.807, 2.05) is 19.0 Å². The maximum Gasteiger partial charge on any atom is 0.410 e. The summed E-state index contributed by atoms with van der Waals surface area (Å²) < 4.78 is 10.9. The van der Waals surface area contributed by atoms with Gasteiger partial charge in [0.15, 0.2) is 0 Å². The van der Waals surface area contributed by atoms with Crippen molar-refractivity contribution in [2.75, 3.05) is 46.9 Å². The molecule has 1 aliphatic rings. The van der Waals surface area contributed by atoms with E-state index in [1.54, 1.807) is 0 Å². The van der Waals surface area contributed by atoms with Crippen LogP contribution in [0.2, 0.25) is 0 Å². The van der Waals surface area contributed by atoms with E-state index in [9.17, 15) is 9.59 Å². The van der Waals surface area contributed by atoms with Gasteiger partial charge in [0.1, 0.15) is 0 Å². The van der Waals surface area contributed by atoms with Crippen molar-refractivity contribution < 1.29 is 19.1 Å². The van der Waals surface area contributed by atoms with E-state index < -0.39 is 0 Å². The minimum absolute atomic E-state index is 0. The summed E-state index contributed by atoms with van der Waals surface area (Å²) in [6, 6.07) is 0.0959. The molecule has 0 aromatic rings. The Hall–Kier alpha value is -1.21. The van der Waals surface area contributed by atoms with Crippen LogP contribution >= 0.6 is 12.4 Å². The number of hydrogen-bond acceptors (Lipinski definition) is 5. The number of nitrogens with one attached hydrogen (secondary N) is 1. The molecular formula is C32H64ClN3O4. The molecular weight excluding hydrogens is 526 g/mol. The zero-order chi connectivity index (χ0) is 28.4. The summed E-state index contributed by atoms with van der Waals surface area (Å²) in [5, 5.41) is 2.79. The van der Waals surface area contributed by atoms with Crippen LogP contribution < -0.4 is 5.32 Å². The summed E-state index contributed by atoms with van der Waals surface area (Å²) in [5.74, 6) is 0. The van der Waals surface area contributed by atoms with Gasteiger partial charge in [-0.05, 0) is 52.7 Å². The standard InChI is InChI=1S/C32H63N3O4.ClH/c1-4-5-6-7-8-9-10-11-12-13-14-15-16-17-18-21-28-39-32(37)35-27-20-19-23-30(35)24-29-38-31(36)33-25-22-26-34(2)3;/h30H,4-29H2,1-3H3,(H,33,36);1H. The Morgan fingerprint density at radius 2 is 1.30 bits per heavy atom. The number of amides is 2. The maximum atomic E-state index is 12.7. The fraction of sp³-hybridized carbons (Fsp3) is 0.938. The fourth-order valence-electron chi connectivity index (χ4n) is 5.36. The molecule has 1 saturated heterocycles. The third kappa shape index (κ3) is 22.5. The SMILES string of the molecule is CCCCCCCCCCCCCCCCCCOC(=O)N1CCCCC1CCOC(=O)NCCCN(C)C.Cl.